The van der Waals surface area contributed by atoms with E-state index in [0.717, 1.165) is 32.1 Å². The maximum absolute atomic E-state index is 9.80. The van der Waals surface area contributed by atoms with Crippen LogP contribution in [0, 0.1) is 19.8 Å². The van der Waals surface area contributed by atoms with E-state index in [1.165, 1.54) is 29.5 Å². The summed E-state index contributed by atoms with van der Waals surface area (Å²) < 4.78 is 0. The summed E-state index contributed by atoms with van der Waals surface area (Å²) >= 11 is 0. The van der Waals surface area contributed by atoms with E-state index in [0.29, 0.717) is 11.8 Å². The molecule has 1 saturated heterocycles. The van der Waals surface area contributed by atoms with Crippen molar-refractivity contribution in [1.82, 2.24) is 10.2 Å². The molecular weight excluding hydrogens is 260 g/mol. The number of benzene rings is 1. The average Bonchev–Trinajstić information content (AvgIpc) is 2.42. The van der Waals surface area contributed by atoms with Crippen LogP contribution in [-0.2, 0) is 0 Å². The summed E-state index contributed by atoms with van der Waals surface area (Å²) in [5.41, 5.74) is 3.87. The molecular formula is C18H30N2O. The zero-order valence-corrected chi connectivity index (χ0v) is 13.9. The number of piperazine rings is 1. The van der Waals surface area contributed by atoms with Gasteiger partial charge in [-0.3, -0.25) is 4.90 Å². The van der Waals surface area contributed by atoms with E-state index in [2.05, 4.69) is 37.9 Å². The molecule has 2 rings (SSSR count). The summed E-state index contributed by atoms with van der Waals surface area (Å²) in [5.74, 6) is 1.12. The molecule has 1 aromatic rings. The molecule has 0 unspecified atom stereocenters. The Labute approximate surface area is 129 Å². The van der Waals surface area contributed by atoms with Crippen molar-refractivity contribution < 1.29 is 5.11 Å². The second kappa shape index (κ2) is 7.28. The molecule has 0 saturated carbocycles. The maximum atomic E-state index is 9.80. The van der Waals surface area contributed by atoms with Gasteiger partial charge in [0.05, 0.1) is 0 Å². The fraction of sp³-hybridized carbons (Fsp3) is 0.667. The van der Waals surface area contributed by atoms with Crippen molar-refractivity contribution in [2.75, 3.05) is 26.2 Å². The molecule has 3 nitrogen and oxygen atoms in total. The van der Waals surface area contributed by atoms with Crippen LogP contribution in [0.5, 0.6) is 5.75 Å². The molecule has 1 fully saturated rings. The molecule has 2 N–H and O–H groups in total. The minimum atomic E-state index is 0.386. The number of rotatable bonds is 5. The summed E-state index contributed by atoms with van der Waals surface area (Å²) in [6.07, 6.45) is 2.44. The van der Waals surface area contributed by atoms with Crippen molar-refractivity contribution in [2.24, 2.45) is 5.92 Å². The fourth-order valence-electron chi connectivity index (χ4n) is 3.47. The van der Waals surface area contributed by atoms with Gasteiger partial charge in [-0.25, -0.2) is 0 Å². The minimum absolute atomic E-state index is 0.386. The first-order valence-electron chi connectivity index (χ1n) is 8.24. The molecule has 0 amide bonds. The second-order valence-electron chi connectivity index (χ2n) is 6.77. The highest BCUT2D eigenvalue weighted by Gasteiger charge is 2.25. The first kappa shape index (κ1) is 16.3. The number of hydrogen-bond donors (Lipinski definition) is 2. The fourth-order valence-corrected chi connectivity index (χ4v) is 3.47. The molecule has 1 atom stereocenters. The van der Waals surface area contributed by atoms with E-state index in [-0.39, 0.29) is 0 Å². The van der Waals surface area contributed by atoms with Crippen LogP contribution < -0.4 is 5.32 Å². The van der Waals surface area contributed by atoms with Gasteiger partial charge in [-0.15, -0.1) is 0 Å². The SMILES string of the molecule is Cc1cc(O)cc(C)c1[C@@H](CCC(C)C)N1CCNCC1. The molecule has 1 aliphatic rings. The Balaban J connectivity index is 2.29. The predicted molar refractivity (Wildman–Crippen MR) is 88.8 cm³/mol. The Morgan fingerprint density at radius 2 is 1.67 bits per heavy atom. The topological polar surface area (TPSA) is 35.5 Å². The molecule has 0 aliphatic carbocycles. The smallest absolute Gasteiger partial charge is 0.116 e. The van der Waals surface area contributed by atoms with Crippen LogP contribution in [0.25, 0.3) is 0 Å². The first-order valence-corrected chi connectivity index (χ1v) is 8.24. The zero-order valence-electron chi connectivity index (χ0n) is 13.9. The maximum Gasteiger partial charge on any atom is 0.116 e. The van der Waals surface area contributed by atoms with Crippen LogP contribution in [0.4, 0.5) is 0 Å². The third-order valence-electron chi connectivity index (χ3n) is 4.52. The van der Waals surface area contributed by atoms with Gasteiger partial charge >= 0.3 is 0 Å². The van der Waals surface area contributed by atoms with E-state index >= 15 is 0 Å². The highest BCUT2D eigenvalue weighted by atomic mass is 16.3. The highest BCUT2D eigenvalue weighted by molar-refractivity contribution is 5.42. The van der Waals surface area contributed by atoms with Crippen LogP contribution in [0.1, 0.15) is 49.4 Å². The van der Waals surface area contributed by atoms with E-state index < -0.39 is 0 Å². The molecule has 1 aromatic carbocycles. The van der Waals surface area contributed by atoms with Gasteiger partial charge in [0.1, 0.15) is 5.75 Å². The van der Waals surface area contributed by atoms with Crippen LogP contribution in [0.15, 0.2) is 12.1 Å². The standard InChI is InChI=1S/C18H30N2O/c1-13(2)5-6-17(20-9-7-19-8-10-20)18-14(3)11-16(21)12-15(18)4/h11-13,17,19,21H,5-10H2,1-4H3/t17-/m1/s1. The Hall–Kier alpha value is -1.06. The summed E-state index contributed by atoms with van der Waals surface area (Å²) in [5, 5.41) is 13.2. The minimum Gasteiger partial charge on any atom is -0.508 e. The quantitative estimate of drug-likeness (QED) is 0.872. The number of aryl methyl sites for hydroxylation is 2. The molecule has 0 spiro atoms. The van der Waals surface area contributed by atoms with Crippen LogP contribution in [0.3, 0.4) is 0 Å². The molecule has 1 heterocycles. The van der Waals surface area contributed by atoms with E-state index in [4.69, 9.17) is 0 Å². The van der Waals surface area contributed by atoms with Gasteiger partial charge in [0.15, 0.2) is 0 Å². The summed E-state index contributed by atoms with van der Waals surface area (Å²) in [7, 11) is 0. The summed E-state index contributed by atoms with van der Waals surface area (Å²) in [4.78, 5) is 2.62. The number of phenols is 1. The molecule has 0 aromatic heterocycles. The molecule has 3 heteroatoms. The average molecular weight is 290 g/mol. The van der Waals surface area contributed by atoms with Crippen molar-refractivity contribution in [2.45, 2.75) is 46.6 Å². The Morgan fingerprint density at radius 1 is 1.10 bits per heavy atom. The molecule has 0 radical (unpaired) electrons. The molecule has 21 heavy (non-hydrogen) atoms. The largest absolute Gasteiger partial charge is 0.508 e. The van der Waals surface area contributed by atoms with Crippen LogP contribution in [0.2, 0.25) is 0 Å². The Morgan fingerprint density at radius 3 is 2.19 bits per heavy atom. The highest BCUT2D eigenvalue weighted by Crippen LogP contribution is 2.34. The predicted octanol–water partition coefficient (Wildman–Crippen LogP) is 3.39. The first-order chi connectivity index (χ1) is 9.99. The number of aromatic hydroxyl groups is 1. The van der Waals surface area contributed by atoms with Gasteiger partial charge in [0.2, 0.25) is 0 Å². The van der Waals surface area contributed by atoms with E-state index in [1.807, 2.05) is 12.1 Å². The molecule has 0 bridgehead atoms. The summed E-state index contributed by atoms with van der Waals surface area (Å²) in [6.45, 7) is 13.2. The van der Waals surface area contributed by atoms with E-state index in [9.17, 15) is 5.11 Å². The van der Waals surface area contributed by atoms with Gasteiger partial charge in [0, 0.05) is 32.2 Å². The van der Waals surface area contributed by atoms with Gasteiger partial charge in [0.25, 0.3) is 0 Å². The number of nitrogens with zero attached hydrogens (tertiary/aromatic N) is 1. The molecule has 1 aliphatic heterocycles. The van der Waals surface area contributed by atoms with Crippen molar-refractivity contribution >= 4 is 0 Å². The lowest BCUT2D eigenvalue weighted by Gasteiger charge is -2.37. The van der Waals surface area contributed by atoms with Crippen molar-refractivity contribution in [3.63, 3.8) is 0 Å². The van der Waals surface area contributed by atoms with Gasteiger partial charge < -0.3 is 10.4 Å². The zero-order chi connectivity index (χ0) is 15.4. The lowest BCUT2D eigenvalue weighted by atomic mass is 9.89. The van der Waals surface area contributed by atoms with Crippen molar-refractivity contribution in [3.05, 3.63) is 28.8 Å². The normalized spacial score (nSPS) is 18.1. The summed E-state index contributed by atoms with van der Waals surface area (Å²) in [6, 6.07) is 4.30. The van der Waals surface area contributed by atoms with Crippen LogP contribution >= 0.6 is 0 Å². The van der Waals surface area contributed by atoms with Crippen molar-refractivity contribution in [1.29, 1.82) is 0 Å². The lowest BCUT2D eigenvalue weighted by Crippen LogP contribution is -2.45. The molecule has 118 valence electrons. The van der Waals surface area contributed by atoms with Gasteiger partial charge in [-0.2, -0.15) is 0 Å². The Kier molecular flexibility index (Phi) is 5.65. The third-order valence-corrected chi connectivity index (χ3v) is 4.52. The third kappa shape index (κ3) is 4.21. The second-order valence-corrected chi connectivity index (χ2v) is 6.77. The monoisotopic (exact) mass is 290 g/mol. The Bertz CT molecular complexity index is 441. The van der Waals surface area contributed by atoms with Gasteiger partial charge in [-0.05, 0) is 61.4 Å². The van der Waals surface area contributed by atoms with Crippen LogP contribution in [-0.4, -0.2) is 36.2 Å². The number of hydrogen-bond acceptors (Lipinski definition) is 3. The van der Waals surface area contributed by atoms with Crippen molar-refractivity contribution in [3.8, 4) is 5.75 Å². The lowest BCUT2D eigenvalue weighted by molar-refractivity contribution is 0.159. The number of nitrogens with one attached hydrogen (secondary N) is 1. The van der Waals surface area contributed by atoms with E-state index in [1.54, 1.807) is 0 Å². The van der Waals surface area contributed by atoms with Gasteiger partial charge in [-0.1, -0.05) is 13.8 Å². The number of phenolic OH excluding ortho intramolecular Hbond substituents is 1.